The average molecular weight is 300 g/mol. The fourth-order valence-corrected chi connectivity index (χ4v) is 2.13. The number of hydrogen-bond acceptors (Lipinski definition) is 3. The van der Waals surface area contributed by atoms with Crippen LogP contribution in [0.25, 0.3) is 11.1 Å². The molecule has 0 aliphatic heterocycles. The highest BCUT2D eigenvalue weighted by molar-refractivity contribution is 7.98. The summed E-state index contributed by atoms with van der Waals surface area (Å²) in [7, 11) is 0. The zero-order valence-corrected chi connectivity index (χ0v) is 11.3. The minimum Gasteiger partial charge on any atom is -0.508 e. The second-order valence-electron chi connectivity index (χ2n) is 3.99. The summed E-state index contributed by atoms with van der Waals surface area (Å²) in [5.41, 5.74) is 1.16. The number of halogens is 3. The number of aromatic hydroxyl groups is 1. The average Bonchev–Trinajstić information content (AvgIpc) is 2.36. The lowest BCUT2D eigenvalue weighted by atomic mass is 10.1. The smallest absolute Gasteiger partial charge is 0.508 e. The minimum absolute atomic E-state index is 0.282. The molecule has 0 aliphatic rings. The van der Waals surface area contributed by atoms with Crippen LogP contribution in [-0.2, 0) is 0 Å². The molecule has 106 valence electrons. The molecule has 0 heterocycles. The molecule has 0 unspecified atom stereocenters. The lowest BCUT2D eigenvalue weighted by molar-refractivity contribution is -0.274. The van der Waals surface area contributed by atoms with E-state index in [1.165, 1.54) is 12.1 Å². The summed E-state index contributed by atoms with van der Waals surface area (Å²) in [6.45, 7) is 0. The van der Waals surface area contributed by atoms with Crippen molar-refractivity contribution in [2.75, 3.05) is 6.26 Å². The summed E-state index contributed by atoms with van der Waals surface area (Å²) in [5.74, 6) is -0.725. The fraction of sp³-hybridized carbons (Fsp3) is 0.143. The zero-order valence-electron chi connectivity index (χ0n) is 10.4. The van der Waals surface area contributed by atoms with Crippen LogP contribution in [0.2, 0.25) is 0 Å². The normalized spacial score (nSPS) is 11.4. The van der Waals surface area contributed by atoms with Gasteiger partial charge in [0.2, 0.25) is 0 Å². The van der Waals surface area contributed by atoms with Crippen LogP contribution in [0.1, 0.15) is 0 Å². The van der Waals surface area contributed by atoms with Crippen LogP contribution in [0.15, 0.2) is 47.4 Å². The molecule has 2 rings (SSSR count). The second kappa shape index (κ2) is 5.66. The fourth-order valence-electron chi connectivity index (χ4n) is 1.73. The Morgan fingerprint density at radius 3 is 2.20 bits per heavy atom. The maximum Gasteiger partial charge on any atom is 0.573 e. The predicted octanol–water partition coefficient (Wildman–Crippen LogP) is 4.68. The van der Waals surface area contributed by atoms with Crippen molar-refractivity contribution in [3.05, 3.63) is 42.5 Å². The van der Waals surface area contributed by atoms with Crippen molar-refractivity contribution in [2.24, 2.45) is 0 Å². The van der Waals surface area contributed by atoms with E-state index in [1.54, 1.807) is 23.9 Å². The first kappa shape index (κ1) is 14.6. The molecular formula is C14H11F3O2S. The summed E-state index contributed by atoms with van der Waals surface area (Å²) >= 11 is 1.56. The van der Waals surface area contributed by atoms with Gasteiger partial charge in [-0.3, -0.25) is 0 Å². The van der Waals surface area contributed by atoms with E-state index >= 15 is 0 Å². The van der Waals surface area contributed by atoms with Gasteiger partial charge in [0.1, 0.15) is 11.5 Å². The Balaban J connectivity index is 2.35. The number of rotatable bonds is 3. The van der Waals surface area contributed by atoms with Crippen molar-refractivity contribution in [2.45, 2.75) is 11.3 Å². The lowest BCUT2D eigenvalue weighted by Crippen LogP contribution is -2.17. The van der Waals surface area contributed by atoms with E-state index in [0.29, 0.717) is 11.1 Å². The molecule has 0 bridgehead atoms. The highest BCUT2D eigenvalue weighted by Gasteiger charge is 2.31. The van der Waals surface area contributed by atoms with Gasteiger partial charge in [0.05, 0.1) is 0 Å². The van der Waals surface area contributed by atoms with Crippen molar-refractivity contribution < 1.29 is 23.0 Å². The van der Waals surface area contributed by atoms with E-state index in [1.807, 2.05) is 18.4 Å². The molecular weight excluding hydrogens is 289 g/mol. The van der Waals surface area contributed by atoms with Gasteiger partial charge in [0.15, 0.2) is 0 Å². The summed E-state index contributed by atoms with van der Waals surface area (Å²) in [4.78, 5) is 1.04. The molecule has 2 aromatic rings. The standard InChI is InChI=1S/C14H11F3O2S/c1-20-13-4-2-9(3-5-13)10-6-11(18)8-12(7-10)19-14(15,16)17/h2-8,18H,1H3. The second-order valence-corrected chi connectivity index (χ2v) is 4.87. The molecule has 0 saturated heterocycles. The molecule has 0 spiro atoms. The van der Waals surface area contributed by atoms with Crippen LogP contribution in [0.3, 0.4) is 0 Å². The van der Waals surface area contributed by atoms with Gasteiger partial charge in [-0.05, 0) is 41.6 Å². The summed E-state index contributed by atoms with van der Waals surface area (Å²) < 4.78 is 40.4. The third-order valence-electron chi connectivity index (χ3n) is 2.55. The summed E-state index contributed by atoms with van der Waals surface area (Å²) in [6, 6.07) is 10.8. The predicted molar refractivity (Wildman–Crippen MR) is 72.0 cm³/mol. The van der Waals surface area contributed by atoms with Crippen molar-refractivity contribution in [1.82, 2.24) is 0 Å². The number of hydrogen-bond donors (Lipinski definition) is 1. The van der Waals surface area contributed by atoms with E-state index in [-0.39, 0.29) is 5.75 Å². The van der Waals surface area contributed by atoms with Gasteiger partial charge in [-0.25, -0.2) is 0 Å². The quantitative estimate of drug-likeness (QED) is 0.835. The first-order chi connectivity index (χ1) is 9.37. The van der Waals surface area contributed by atoms with Gasteiger partial charge in [-0.2, -0.15) is 0 Å². The lowest BCUT2D eigenvalue weighted by Gasteiger charge is -2.11. The molecule has 20 heavy (non-hydrogen) atoms. The molecule has 6 heteroatoms. The van der Waals surface area contributed by atoms with Crippen LogP contribution in [0, 0.1) is 0 Å². The van der Waals surface area contributed by atoms with E-state index in [0.717, 1.165) is 11.0 Å². The Bertz CT molecular complexity index is 594. The summed E-state index contributed by atoms with van der Waals surface area (Å²) in [6.07, 6.45) is -2.85. The van der Waals surface area contributed by atoms with Gasteiger partial charge in [0, 0.05) is 11.0 Å². The van der Waals surface area contributed by atoms with Crippen molar-refractivity contribution >= 4 is 11.8 Å². The van der Waals surface area contributed by atoms with Crippen LogP contribution >= 0.6 is 11.8 Å². The van der Waals surface area contributed by atoms with Gasteiger partial charge < -0.3 is 9.84 Å². The molecule has 0 atom stereocenters. The van der Waals surface area contributed by atoms with E-state index in [9.17, 15) is 18.3 Å². The minimum atomic E-state index is -4.78. The first-order valence-corrected chi connectivity index (χ1v) is 6.84. The molecule has 2 aromatic carbocycles. The highest BCUT2D eigenvalue weighted by Crippen LogP contribution is 2.32. The number of thioether (sulfide) groups is 1. The largest absolute Gasteiger partial charge is 0.573 e. The van der Waals surface area contributed by atoms with Gasteiger partial charge >= 0.3 is 6.36 Å². The molecule has 0 amide bonds. The van der Waals surface area contributed by atoms with E-state index in [2.05, 4.69) is 4.74 Å². The number of phenolic OH excluding ortho intramolecular Hbond substituents is 1. The Labute approximate surface area is 118 Å². The Hall–Kier alpha value is -1.82. The van der Waals surface area contributed by atoms with E-state index in [4.69, 9.17) is 0 Å². The van der Waals surface area contributed by atoms with Crippen molar-refractivity contribution in [1.29, 1.82) is 0 Å². The monoisotopic (exact) mass is 300 g/mol. The number of alkyl halides is 3. The Kier molecular flexibility index (Phi) is 4.13. The maximum absolute atomic E-state index is 12.2. The van der Waals surface area contributed by atoms with Crippen molar-refractivity contribution in [3.8, 4) is 22.6 Å². The Morgan fingerprint density at radius 1 is 1.00 bits per heavy atom. The highest BCUT2D eigenvalue weighted by atomic mass is 32.2. The van der Waals surface area contributed by atoms with Gasteiger partial charge in [-0.15, -0.1) is 24.9 Å². The number of phenols is 1. The van der Waals surface area contributed by atoms with Crippen molar-refractivity contribution in [3.63, 3.8) is 0 Å². The third-order valence-corrected chi connectivity index (χ3v) is 3.29. The molecule has 1 N–H and O–H groups in total. The first-order valence-electron chi connectivity index (χ1n) is 5.61. The van der Waals surface area contributed by atoms with Gasteiger partial charge in [-0.1, -0.05) is 12.1 Å². The third kappa shape index (κ3) is 3.84. The molecule has 2 nitrogen and oxygen atoms in total. The van der Waals surface area contributed by atoms with Crippen LogP contribution in [0.5, 0.6) is 11.5 Å². The molecule has 0 saturated carbocycles. The SMILES string of the molecule is CSc1ccc(-c2cc(O)cc(OC(F)(F)F)c2)cc1. The molecule has 0 aromatic heterocycles. The maximum atomic E-state index is 12.2. The Morgan fingerprint density at radius 2 is 1.65 bits per heavy atom. The summed E-state index contributed by atoms with van der Waals surface area (Å²) in [5, 5.41) is 9.50. The van der Waals surface area contributed by atoms with Crippen LogP contribution in [0.4, 0.5) is 13.2 Å². The van der Waals surface area contributed by atoms with E-state index < -0.39 is 12.1 Å². The van der Waals surface area contributed by atoms with Crippen LogP contribution in [-0.4, -0.2) is 17.7 Å². The van der Waals surface area contributed by atoms with Crippen LogP contribution < -0.4 is 4.74 Å². The molecule has 0 fully saturated rings. The topological polar surface area (TPSA) is 29.5 Å². The van der Waals surface area contributed by atoms with Gasteiger partial charge in [0.25, 0.3) is 0 Å². The molecule has 0 aliphatic carbocycles. The molecule has 0 radical (unpaired) electrons. The number of ether oxygens (including phenoxy) is 1. The zero-order chi connectivity index (χ0) is 14.8. The number of benzene rings is 2.